The highest BCUT2D eigenvalue weighted by molar-refractivity contribution is 7.59. The molecule has 8 amide bonds. The lowest BCUT2D eigenvalue weighted by Gasteiger charge is -2.39. The van der Waals surface area contributed by atoms with E-state index in [0.717, 1.165) is 45.1 Å². The molecule has 1 unspecified atom stereocenters. The monoisotopic (exact) mass is 1380 g/mol. The summed E-state index contributed by atoms with van der Waals surface area (Å²) in [5.41, 5.74) is 7.04. The van der Waals surface area contributed by atoms with Crippen molar-refractivity contribution in [2.24, 2.45) is 11.7 Å². The molecule has 0 aliphatic carbocycles. The van der Waals surface area contributed by atoms with Crippen LogP contribution in [0.3, 0.4) is 0 Å². The van der Waals surface area contributed by atoms with E-state index < -0.39 is 103 Å². The summed E-state index contributed by atoms with van der Waals surface area (Å²) in [6, 6.07) is 28.8. The van der Waals surface area contributed by atoms with Gasteiger partial charge in [0.15, 0.2) is 0 Å². The molecule has 10 rings (SSSR count). The molecule has 3 aliphatic heterocycles. The van der Waals surface area contributed by atoms with Crippen molar-refractivity contribution in [1.29, 1.82) is 0 Å². The van der Waals surface area contributed by atoms with Crippen LogP contribution in [0.1, 0.15) is 83.0 Å². The average molecular weight is 1380 g/mol. The molecule has 3 aromatic heterocycles. The number of aromatic nitrogens is 3. The number of piperidine rings is 1. The lowest BCUT2D eigenvalue weighted by Crippen LogP contribution is -2.62. The van der Waals surface area contributed by atoms with E-state index in [1.807, 2.05) is 84.9 Å². The van der Waals surface area contributed by atoms with E-state index in [0.29, 0.717) is 36.0 Å². The SMILES string of the molecule is NC(=O)CC[C@@H](NC(=O)[C@H]1CC[C@H]2CCN(C(=O)NCCOCCOCCOCCN(C(=O)[C@@H]3CCCN(c4cncc5ccccc45)C3)c3ccc(=O)n(CC(=O)O)c3)C[C@@H](NC(=O)c3cc4cc(C(=O)[P+](=O)OO)ccc4[nH]3)C(=O)N21)C(=O)NC(c1ccccc1)c1ccccc1. The summed E-state index contributed by atoms with van der Waals surface area (Å²) in [5.74, 6) is -5.35. The fraction of sp³-hybridized carbons (Fsp3) is 0.377. The minimum atomic E-state index is -3.10. The largest absolute Gasteiger partial charge is 0.623 e. The fourth-order valence-electron chi connectivity index (χ4n) is 12.7. The van der Waals surface area contributed by atoms with Gasteiger partial charge >= 0.3 is 25.6 Å². The van der Waals surface area contributed by atoms with Crippen molar-refractivity contribution in [2.45, 2.75) is 81.7 Å². The van der Waals surface area contributed by atoms with Gasteiger partial charge in [-0.2, -0.15) is 0 Å². The maximum atomic E-state index is 15.1. The van der Waals surface area contributed by atoms with E-state index in [-0.39, 0.29) is 109 Å². The van der Waals surface area contributed by atoms with Crippen LogP contribution in [0.4, 0.5) is 16.2 Å². The van der Waals surface area contributed by atoms with Crippen LogP contribution < -0.4 is 42.4 Å². The molecule has 3 saturated heterocycles. The lowest BCUT2D eigenvalue weighted by molar-refractivity contribution is -0.143. The van der Waals surface area contributed by atoms with Crippen molar-refractivity contribution < 1.29 is 77.0 Å². The summed E-state index contributed by atoms with van der Waals surface area (Å²) in [7, 11) is -3.10. The number of carbonyl (C=O) groups excluding carboxylic acids is 8. The van der Waals surface area contributed by atoms with Gasteiger partial charge in [-0.25, -0.2) is 14.8 Å². The minimum absolute atomic E-state index is 0.0315. The Morgan fingerprint density at radius 1 is 0.758 bits per heavy atom. The number of nitrogens with zero attached hydrogens (tertiary/aromatic N) is 6. The Hall–Kier alpha value is -10.3. The van der Waals surface area contributed by atoms with Crippen LogP contribution in [0.25, 0.3) is 21.7 Å². The Morgan fingerprint density at radius 2 is 1.46 bits per heavy atom. The normalized spacial score (nSPS) is 17.5. The second kappa shape index (κ2) is 34.3. The van der Waals surface area contributed by atoms with E-state index in [2.05, 4.69) is 40.8 Å². The highest BCUT2D eigenvalue weighted by Gasteiger charge is 2.46. The molecule has 0 spiro atoms. The highest BCUT2D eigenvalue weighted by Crippen LogP contribution is 2.34. The number of H-pyrrole nitrogens is 1. The average Bonchev–Trinajstić information content (AvgIpc) is 1.67. The molecule has 3 aliphatic rings. The number of rotatable bonds is 31. The van der Waals surface area contributed by atoms with Gasteiger partial charge in [0.05, 0.1) is 81.3 Å². The molecule has 3 fully saturated rings. The molecule has 0 bridgehead atoms. The number of hydrogen-bond donors (Lipinski definition) is 8. The smallest absolute Gasteiger partial charge is 0.480 e. The van der Waals surface area contributed by atoms with Gasteiger partial charge in [-0.05, 0) is 84.5 Å². The van der Waals surface area contributed by atoms with Crippen molar-refractivity contribution in [1.82, 2.24) is 45.6 Å². The Balaban J connectivity index is 0.735. The molecular formula is C69H78N12O17P+. The Morgan fingerprint density at radius 3 is 2.18 bits per heavy atom. The van der Waals surface area contributed by atoms with Crippen molar-refractivity contribution in [3.8, 4) is 0 Å². The molecule has 6 atom stereocenters. The molecule has 520 valence electrons. The number of fused-ring (bicyclic) bond motifs is 3. The molecule has 30 heteroatoms. The molecule has 4 aromatic carbocycles. The number of carboxylic acids is 1. The lowest BCUT2D eigenvalue weighted by atomic mass is 9.95. The molecular weight excluding hydrogens is 1300 g/mol. The molecule has 29 nitrogen and oxygen atoms in total. The maximum absolute atomic E-state index is 15.1. The second-order valence-corrected chi connectivity index (χ2v) is 25.3. The summed E-state index contributed by atoms with van der Waals surface area (Å²) in [4.78, 5) is 150. The van der Waals surface area contributed by atoms with Crippen LogP contribution >= 0.6 is 8.03 Å². The number of carbonyl (C=O) groups is 9. The summed E-state index contributed by atoms with van der Waals surface area (Å²) < 4.78 is 34.2. The zero-order chi connectivity index (χ0) is 70.0. The first-order valence-electron chi connectivity index (χ1n) is 32.6. The van der Waals surface area contributed by atoms with Crippen molar-refractivity contribution in [3.05, 3.63) is 173 Å². The topological polar surface area (TPSA) is 386 Å². The number of nitrogens with two attached hydrogens (primary N) is 1. The summed E-state index contributed by atoms with van der Waals surface area (Å²) in [5, 5.41) is 32.1. The number of amides is 8. The van der Waals surface area contributed by atoms with Gasteiger partial charge in [-0.3, -0.25) is 43.3 Å². The third-order valence-corrected chi connectivity index (χ3v) is 18.4. The number of pyridine rings is 2. The second-order valence-electron chi connectivity index (χ2n) is 24.2. The third-order valence-electron chi connectivity index (χ3n) is 17.6. The molecule has 0 saturated carbocycles. The number of ether oxygens (including phenoxy) is 3. The Labute approximate surface area is 569 Å². The van der Waals surface area contributed by atoms with Crippen molar-refractivity contribution >= 4 is 94.0 Å². The van der Waals surface area contributed by atoms with Gasteiger partial charge in [-0.15, -0.1) is 0 Å². The van der Waals surface area contributed by atoms with Crippen molar-refractivity contribution in [3.63, 3.8) is 0 Å². The number of aromatic amines is 1. The number of anilines is 2. The molecule has 99 heavy (non-hydrogen) atoms. The number of aliphatic carboxylic acids is 1. The first-order chi connectivity index (χ1) is 47.9. The van der Waals surface area contributed by atoms with Crippen LogP contribution in [-0.2, 0) is 58.8 Å². The van der Waals surface area contributed by atoms with Crippen LogP contribution in [-0.4, -0.2) is 191 Å². The van der Waals surface area contributed by atoms with Crippen LogP contribution in [0.2, 0.25) is 0 Å². The van der Waals surface area contributed by atoms with Gasteiger partial charge < -0.3 is 75.5 Å². The molecule has 0 radical (unpaired) electrons. The number of urea groups is 1. The zero-order valence-corrected chi connectivity index (χ0v) is 55.0. The number of primary amides is 1. The minimum Gasteiger partial charge on any atom is -0.480 e. The molecule has 9 N–H and O–H groups in total. The van der Waals surface area contributed by atoms with Gasteiger partial charge in [-0.1, -0.05) is 84.9 Å². The van der Waals surface area contributed by atoms with Crippen molar-refractivity contribution in [2.75, 3.05) is 88.7 Å². The first kappa shape index (κ1) is 71.5. The quantitative estimate of drug-likeness (QED) is 0.0124. The number of nitrogens with one attached hydrogen (secondary N) is 5. The predicted octanol–water partition coefficient (Wildman–Crippen LogP) is 4.86. The van der Waals surface area contributed by atoms with Gasteiger partial charge in [0.2, 0.25) is 29.5 Å². The van der Waals surface area contributed by atoms with Gasteiger partial charge in [0, 0.05) is 90.0 Å². The van der Waals surface area contributed by atoms with E-state index in [1.54, 1.807) is 12.4 Å². The predicted molar refractivity (Wildman–Crippen MR) is 362 cm³/mol. The summed E-state index contributed by atoms with van der Waals surface area (Å²) in [6.45, 7) is 1.14. The first-order valence-corrected chi connectivity index (χ1v) is 33.8. The van der Waals surface area contributed by atoms with E-state index >= 15 is 4.79 Å². The molecule has 6 heterocycles. The Kier molecular flexibility index (Phi) is 24.7. The van der Waals surface area contributed by atoms with Gasteiger partial charge in [0.1, 0.15) is 30.4 Å². The van der Waals surface area contributed by atoms with E-state index in [9.17, 15) is 52.8 Å². The van der Waals surface area contributed by atoms with Crippen LogP contribution in [0, 0.1) is 5.92 Å². The number of benzene rings is 4. The van der Waals surface area contributed by atoms with E-state index in [1.165, 1.54) is 57.3 Å². The maximum Gasteiger partial charge on any atom is 0.623 e. The third kappa shape index (κ3) is 18.5. The number of carboxylic acid groups (broad SMARTS) is 1. The Bertz CT molecular complexity index is 4100. The van der Waals surface area contributed by atoms with E-state index in [4.69, 9.17) is 25.2 Å². The standard InChI is InChI=1S/C69H77N12O17P/c70-59(82)23-21-54(63(86)76-62(44-10-3-1-4-11-44)45-12-5-2-6-13-45)74-65(88)57-22-18-50-25-28-78(42-56(67(90)81(50)57)75-64(87)55-37-49-36-46(17-20-53(49)73-55)68(91)99(94)98-93)69(92)72-26-30-95-32-34-97-35-33-96-31-29-80(51-19-24-60(83)79(41-51)43-61(84)85)66(89)48-15-9-27-77(40-48)58-39-71-38-47-14-7-8-16-52(47)58/h1-8,10-14,16-17,19-20,24,36-39,41,48,50,54,56-57,62H,9,15,18,21-23,25-35,40,42-43H2,(H8-,70,72,73,74,75,76,82,84,85,86,87,88,91,92,93)/p+1/t48-,50+,54-,56-,57-/m1/s1. The number of hydrogen-bond acceptors (Lipinski definition) is 18. The van der Waals surface area contributed by atoms with Crippen LogP contribution in [0.5, 0.6) is 0 Å². The van der Waals surface area contributed by atoms with Gasteiger partial charge in [0.25, 0.3) is 11.5 Å². The fourth-order valence-corrected chi connectivity index (χ4v) is 13.2. The summed E-state index contributed by atoms with van der Waals surface area (Å²) in [6.07, 6.45) is 6.58. The van der Waals surface area contributed by atoms with Crippen LogP contribution in [0.15, 0.2) is 145 Å². The molecule has 7 aromatic rings. The highest BCUT2D eigenvalue weighted by atomic mass is 31.1. The summed E-state index contributed by atoms with van der Waals surface area (Å²) >= 11 is 0. The zero-order valence-electron chi connectivity index (χ0n) is 54.1.